The summed E-state index contributed by atoms with van der Waals surface area (Å²) in [6, 6.07) is 0. The van der Waals surface area contributed by atoms with E-state index in [-0.39, 0.29) is 0 Å². The van der Waals surface area contributed by atoms with Gasteiger partial charge in [0.25, 0.3) is 0 Å². The fraction of sp³-hybridized carbons (Fsp3) is 0.917. The second-order valence-electron chi connectivity index (χ2n) is 5.35. The molecule has 16 heavy (non-hydrogen) atoms. The van der Waals surface area contributed by atoms with Crippen LogP contribution in [0.4, 0.5) is 0 Å². The molecule has 94 valence electrons. The zero-order chi connectivity index (χ0) is 12.2. The molecular weight excluding hydrogens is 206 g/mol. The Kier molecular flexibility index (Phi) is 4.74. The number of aliphatic carboxylic acids is 1. The molecule has 1 saturated heterocycles. The second kappa shape index (κ2) is 5.64. The average molecular weight is 229 g/mol. The van der Waals surface area contributed by atoms with Gasteiger partial charge in [0.1, 0.15) is 5.54 Å². The van der Waals surface area contributed by atoms with Gasteiger partial charge in [0.15, 0.2) is 0 Å². The van der Waals surface area contributed by atoms with Crippen LogP contribution in [-0.2, 0) is 9.53 Å². The molecule has 0 saturated carbocycles. The zero-order valence-electron chi connectivity index (χ0n) is 10.5. The van der Waals surface area contributed by atoms with Crippen LogP contribution < -0.4 is 5.32 Å². The Bertz CT molecular complexity index is 236. The maximum Gasteiger partial charge on any atom is 0.323 e. The summed E-state index contributed by atoms with van der Waals surface area (Å²) in [7, 11) is 0. The van der Waals surface area contributed by atoms with Gasteiger partial charge in [0, 0.05) is 13.2 Å². The highest BCUT2D eigenvalue weighted by atomic mass is 16.5. The van der Waals surface area contributed by atoms with Crippen LogP contribution in [0.3, 0.4) is 0 Å². The molecule has 1 heterocycles. The Hall–Kier alpha value is -0.610. The summed E-state index contributed by atoms with van der Waals surface area (Å²) in [6.07, 6.45) is 1.68. The number of rotatable bonds is 6. The lowest BCUT2D eigenvalue weighted by Crippen LogP contribution is -2.52. The van der Waals surface area contributed by atoms with E-state index in [0.29, 0.717) is 18.3 Å². The monoisotopic (exact) mass is 229 g/mol. The Morgan fingerprint density at radius 3 is 2.75 bits per heavy atom. The highest BCUT2D eigenvalue weighted by Crippen LogP contribution is 2.19. The summed E-state index contributed by atoms with van der Waals surface area (Å²) in [5, 5.41) is 12.5. The number of ether oxygens (including phenoxy) is 1. The van der Waals surface area contributed by atoms with E-state index in [2.05, 4.69) is 5.32 Å². The molecule has 0 aromatic carbocycles. The molecule has 0 radical (unpaired) electrons. The number of nitrogens with one attached hydrogen (secondary N) is 1. The molecule has 2 N–H and O–H groups in total. The van der Waals surface area contributed by atoms with Gasteiger partial charge in [-0.05, 0) is 31.6 Å². The molecule has 2 atom stereocenters. The maximum atomic E-state index is 11.3. The van der Waals surface area contributed by atoms with Crippen molar-refractivity contribution in [2.75, 3.05) is 19.8 Å². The molecule has 1 aliphatic heterocycles. The lowest BCUT2D eigenvalue weighted by atomic mass is 9.90. The van der Waals surface area contributed by atoms with Crippen LogP contribution in [0.5, 0.6) is 0 Å². The Morgan fingerprint density at radius 1 is 1.62 bits per heavy atom. The normalized spacial score (nSPS) is 24.6. The topological polar surface area (TPSA) is 58.6 Å². The minimum atomic E-state index is -0.809. The Morgan fingerprint density at radius 2 is 2.31 bits per heavy atom. The van der Waals surface area contributed by atoms with Gasteiger partial charge >= 0.3 is 5.97 Å². The van der Waals surface area contributed by atoms with Gasteiger partial charge in [-0.2, -0.15) is 0 Å². The van der Waals surface area contributed by atoms with Crippen molar-refractivity contribution in [3.63, 3.8) is 0 Å². The third kappa shape index (κ3) is 3.76. The minimum absolute atomic E-state index is 0.369. The number of hydrogen-bond acceptors (Lipinski definition) is 3. The van der Waals surface area contributed by atoms with Gasteiger partial charge in [-0.3, -0.25) is 4.79 Å². The van der Waals surface area contributed by atoms with E-state index >= 15 is 0 Å². The number of carboxylic acids is 1. The predicted molar refractivity (Wildman–Crippen MR) is 62.4 cm³/mol. The van der Waals surface area contributed by atoms with Crippen LogP contribution in [0.2, 0.25) is 0 Å². The van der Waals surface area contributed by atoms with E-state index in [0.717, 1.165) is 26.2 Å². The van der Waals surface area contributed by atoms with Crippen molar-refractivity contribution in [2.45, 2.75) is 39.2 Å². The summed E-state index contributed by atoms with van der Waals surface area (Å²) in [5.74, 6) is 0.0689. The number of carboxylic acid groups (broad SMARTS) is 1. The smallest absolute Gasteiger partial charge is 0.323 e. The first-order valence-electron chi connectivity index (χ1n) is 6.00. The Labute approximate surface area is 97.4 Å². The summed E-state index contributed by atoms with van der Waals surface area (Å²) in [6.45, 7) is 8.15. The minimum Gasteiger partial charge on any atom is -0.480 e. The van der Waals surface area contributed by atoms with Crippen LogP contribution in [-0.4, -0.2) is 36.4 Å². The number of hydrogen-bond donors (Lipinski definition) is 2. The molecule has 0 aliphatic carbocycles. The molecule has 1 rings (SSSR count). The van der Waals surface area contributed by atoms with Crippen molar-refractivity contribution >= 4 is 5.97 Å². The quantitative estimate of drug-likeness (QED) is 0.724. The molecule has 0 aromatic rings. The molecule has 1 aliphatic rings. The van der Waals surface area contributed by atoms with Gasteiger partial charge < -0.3 is 15.2 Å². The summed E-state index contributed by atoms with van der Waals surface area (Å²) in [4.78, 5) is 11.3. The van der Waals surface area contributed by atoms with Crippen LogP contribution in [0, 0.1) is 11.8 Å². The van der Waals surface area contributed by atoms with Crippen molar-refractivity contribution in [2.24, 2.45) is 11.8 Å². The fourth-order valence-electron chi connectivity index (χ4n) is 2.17. The van der Waals surface area contributed by atoms with Gasteiger partial charge in [-0.1, -0.05) is 13.8 Å². The van der Waals surface area contributed by atoms with Crippen LogP contribution >= 0.6 is 0 Å². The SMILES string of the molecule is CC(C)CC(C)(NCC1CCOC1)C(=O)O. The summed E-state index contributed by atoms with van der Waals surface area (Å²) >= 11 is 0. The average Bonchev–Trinajstić information content (AvgIpc) is 2.65. The van der Waals surface area contributed by atoms with Crippen LogP contribution in [0.25, 0.3) is 0 Å². The second-order valence-corrected chi connectivity index (χ2v) is 5.35. The van der Waals surface area contributed by atoms with E-state index in [1.165, 1.54) is 0 Å². The highest BCUT2D eigenvalue weighted by molar-refractivity contribution is 5.78. The third-order valence-electron chi connectivity index (χ3n) is 3.09. The molecule has 4 heteroatoms. The van der Waals surface area contributed by atoms with Crippen LogP contribution in [0.15, 0.2) is 0 Å². The standard InChI is InChI=1S/C12H23NO3/c1-9(2)6-12(3,11(14)15)13-7-10-4-5-16-8-10/h9-10,13H,4-8H2,1-3H3,(H,14,15). The van der Waals surface area contributed by atoms with E-state index in [1.807, 2.05) is 13.8 Å². The third-order valence-corrected chi connectivity index (χ3v) is 3.09. The highest BCUT2D eigenvalue weighted by Gasteiger charge is 2.34. The van der Waals surface area contributed by atoms with Crippen molar-refractivity contribution in [3.8, 4) is 0 Å². The van der Waals surface area contributed by atoms with Crippen molar-refractivity contribution in [1.82, 2.24) is 5.32 Å². The van der Waals surface area contributed by atoms with Gasteiger partial charge in [0.2, 0.25) is 0 Å². The fourth-order valence-corrected chi connectivity index (χ4v) is 2.17. The molecule has 0 bridgehead atoms. The molecule has 4 nitrogen and oxygen atoms in total. The van der Waals surface area contributed by atoms with Gasteiger partial charge in [0.05, 0.1) is 6.61 Å². The molecule has 0 spiro atoms. The van der Waals surface area contributed by atoms with Gasteiger partial charge in [-0.25, -0.2) is 0 Å². The number of carbonyl (C=O) groups is 1. The maximum absolute atomic E-state index is 11.3. The molecule has 0 aromatic heterocycles. The first-order valence-corrected chi connectivity index (χ1v) is 6.00. The first-order chi connectivity index (χ1) is 7.44. The first kappa shape index (κ1) is 13.5. The van der Waals surface area contributed by atoms with Crippen LogP contribution in [0.1, 0.15) is 33.6 Å². The van der Waals surface area contributed by atoms with Crippen molar-refractivity contribution in [3.05, 3.63) is 0 Å². The van der Waals surface area contributed by atoms with Gasteiger partial charge in [-0.15, -0.1) is 0 Å². The van der Waals surface area contributed by atoms with Crippen molar-refractivity contribution in [1.29, 1.82) is 0 Å². The molecule has 1 fully saturated rings. The van der Waals surface area contributed by atoms with E-state index in [1.54, 1.807) is 6.92 Å². The van der Waals surface area contributed by atoms with E-state index < -0.39 is 11.5 Å². The van der Waals surface area contributed by atoms with Crippen molar-refractivity contribution < 1.29 is 14.6 Å². The summed E-state index contributed by atoms with van der Waals surface area (Å²) in [5.41, 5.74) is -0.809. The molecular formula is C12H23NO3. The zero-order valence-corrected chi connectivity index (χ0v) is 10.5. The van der Waals surface area contributed by atoms with E-state index in [4.69, 9.17) is 4.74 Å². The largest absolute Gasteiger partial charge is 0.480 e. The predicted octanol–water partition coefficient (Wildman–Crippen LogP) is 1.50. The lowest BCUT2D eigenvalue weighted by molar-refractivity contribution is -0.145. The Balaban J connectivity index is 2.46. The molecule has 2 unspecified atom stereocenters. The van der Waals surface area contributed by atoms with E-state index in [9.17, 15) is 9.90 Å². The summed E-state index contributed by atoms with van der Waals surface area (Å²) < 4.78 is 5.28. The lowest BCUT2D eigenvalue weighted by Gasteiger charge is -2.29. The molecule has 0 amide bonds.